The summed E-state index contributed by atoms with van der Waals surface area (Å²) in [5.74, 6) is 0.606. The zero-order chi connectivity index (χ0) is 15.5. The van der Waals surface area contributed by atoms with Gasteiger partial charge in [-0.3, -0.25) is 9.48 Å². The molecule has 1 saturated heterocycles. The van der Waals surface area contributed by atoms with Gasteiger partial charge in [0.25, 0.3) is 5.91 Å². The van der Waals surface area contributed by atoms with Crippen molar-refractivity contribution in [1.29, 1.82) is 0 Å². The van der Waals surface area contributed by atoms with Gasteiger partial charge in [0.15, 0.2) is 0 Å². The molecule has 1 aromatic carbocycles. The van der Waals surface area contributed by atoms with Crippen molar-refractivity contribution in [2.75, 3.05) is 20.2 Å². The largest absolute Gasteiger partial charge is 0.496 e. The summed E-state index contributed by atoms with van der Waals surface area (Å²) < 4.78 is 7.18. The fourth-order valence-corrected chi connectivity index (χ4v) is 2.68. The fraction of sp³-hybridized carbons (Fsp3) is 0.375. The van der Waals surface area contributed by atoms with Gasteiger partial charge >= 0.3 is 0 Å². The van der Waals surface area contributed by atoms with Crippen LogP contribution in [-0.4, -0.2) is 41.9 Å². The van der Waals surface area contributed by atoms with Gasteiger partial charge in [0.05, 0.1) is 13.3 Å². The van der Waals surface area contributed by atoms with Crippen LogP contribution in [0.2, 0.25) is 0 Å². The number of carbonyl (C=O) groups excluding carboxylic acids is 1. The van der Waals surface area contributed by atoms with Gasteiger partial charge < -0.3 is 15.4 Å². The zero-order valence-corrected chi connectivity index (χ0v) is 12.8. The maximum absolute atomic E-state index is 12.3. The number of rotatable bonds is 4. The van der Waals surface area contributed by atoms with Gasteiger partial charge in [0.2, 0.25) is 0 Å². The highest BCUT2D eigenvalue weighted by Crippen LogP contribution is 2.30. The third kappa shape index (κ3) is 2.96. The number of nitrogens with zero attached hydrogens (tertiary/aromatic N) is 2. The summed E-state index contributed by atoms with van der Waals surface area (Å²) in [7, 11) is 3.48. The number of nitrogens with one attached hydrogen (secondary N) is 2. The van der Waals surface area contributed by atoms with E-state index in [1.165, 1.54) is 0 Å². The molecule has 0 aliphatic carbocycles. The van der Waals surface area contributed by atoms with Crippen LogP contribution < -0.4 is 15.4 Å². The van der Waals surface area contributed by atoms with Crippen LogP contribution >= 0.6 is 0 Å². The topological polar surface area (TPSA) is 68.2 Å². The molecule has 22 heavy (non-hydrogen) atoms. The molecular formula is C16H20N4O2. The van der Waals surface area contributed by atoms with E-state index in [2.05, 4.69) is 15.7 Å². The van der Waals surface area contributed by atoms with Crippen LogP contribution in [0.3, 0.4) is 0 Å². The Bertz CT molecular complexity index is 675. The Labute approximate surface area is 129 Å². The maximum Gasteiger partial charge on any atom is 0.251 e. The first kappa shape index (κ1) is 14.6. The number of hydrogen-bond acceptors (Lipinski definition) is 4. The van der Waals surface area contributed by atoms with Crippen molar-refractivity contribution in [3.63, 3.8) is 0 Å². The van der Waals surface area contributed by atoms with Crippen LogP contribution in [0.1, 0.15) is 16.8 Å². The van der Waals surface area contributed by atoms with Crippen LogP contribution in [0, 0.1) is 0 Å². The van der Waals surface area contributed by atoms with Crippen molar-refractivity contribution in [3.8, 4) is 16.9 Å². The van der Waals surface area contributed by atoms with Crippen LogP contribution in [-0.2, 0) is 7.05 Å². The second-order valence-electron chi connectivity index (χ2n) is 5.48. The molecule has 1 aliphatic heterocycles. The Morgan fingerprint density at radius 2 is 2.36 bits per heavy atom. The van der Waals surface area contributed by atoms with Gasteiger partial charge in [0.1, 0.15) is 5.75 Å². The minimum Gasteiger partial charge on any atom is -0.496 e. The molecule has 1 fully saturated rings. The van der Waals surface area contributed by atoms with Gasteiger partial charge in [-0.1, -0.05) is 0 Å². The van der Waals surface area contributed by atoms with E-state index in [0.29, 0.717) is 11.3 Å². The molecule has 1 aliphatic rings. The van der Waals surface area contributed by atoms with Crippen molar-refractivity contribution in [3.05, 3.63) is 36.2 Å². The second kappa shape index (κ2) is 6.19. The zero-order valence-electron chi connectivity index (χ0n) is 12.8. The molecule has 1 aromatic heterocycles. The Morgan fingerprint density at radius 1 is 1.50 bits per heavy atom. The Hall–Kier alpha value is -2.34. The predicted octanol–water partition coefficient (Wildman–Crippen LogP) is 1.19. The Kier molecular flexibility index (Phi) is 4.11. The molecular weight excluding hydrogens is 280 g/mol. The van der Waals surface area contributed by atoms with Crippen molar-refractivity contribution < 1.29 is 9.53 Å². The van der Waals surface area contributed by atoms with Gasteiger partial charge in [-0.05, 0) is 31.2 Å². The Morgan fingerprint density at radius 3 is 3.00 bits per heavy atom. The van der Waals surface area contributed by atoms with E-state index in [1.807, 2.05) is 25.4 Å². The minimum absolute atomic E-state index is 0.0651. The number of benzene rings is 1. The van der Waals surface area contributed by atoms with Crippen LogP contribution in [0.4, 0.5) is 0 Å². The third-order valence-electron chi connectivity index (χ3n) is 3.88. The number of aromatic nitrogens is 2. The van der Waals surface area contributed by atoms with E-state index in [1.54, 1.807) is 24.1 Å². The molecule has 0 saturated carbocycles. The van der Waals surface area contributed by atoms with E-state index in [-0.39, 0.29) is 11.9 Å². The lowest BCUT2D eigenvalue weighted by atomic mass is 10.0. The normalized spacial score (nSPS) is 17.5. The average Bonchev–Trinajstić information content (AvgIpc) is 3.18. The highest BCUT2D eigenvalue weighted by atomic mass is 16.5. The first-order valence-corrected chi connectivity index (χ1v) is 7.36. The van der Waals surface area contributed by atoms with Crippen LogP contribution in [0.15, 0.2) is 30.6 Å². The van der Waals surface area contributed by atoms with Crippen LogP contribution in [0.25, 0.3) is 11.1 Å². The SMILES string of the molecule is COc1cc(C(=O)NC2CCNC2)ccc1-c1cnn(C)c1. The van der Waals surface area contributed by atoms with Gasteiger partial charge in [-0.15, -0.1) is 0 Å². The van der Waals surface area contributed by atoms with E-state index in [4.69, 9.17) is 4.74 Å². The molecule has 2 heterocycles. The molecule has 0 spiro atoms. The van der Waals surface area contributed by atoms with Crippen molar-refractivity contribution in [2.24, 2.45) is 7.05 Å². The first-order chi connectivity index (χ1) is 10.7. The second-order valence-corrected chi connectivity index (χ2v) is 5.48. The summed E-state index contributed by atoms with van der Waals surface area (Å²) >= 11 is 0. The highest BCUT2D eigenvalue weighted by molar-refractivity contribution is 5.95. The molecule has 3 rings (SSSR count). The molecule has 1 atom stereocenters. The standard InChI is InChI=1S/C16H20N4O2/c1-20-10-12(8-18-20)14-4-3-11(7-15(14)22-2)16(21)19-13-5-6-17-9-13/h3-4,7-8,10,13,17H,5-6,9H2,1-2H3,(H,19,21). The van der Waals surface area contributed by atoms with E-state index in [0.717, 1.165) is 30.6 Å². The lowest BCUT2D eigenvalue weighted by Crippen LogP contribution is -2.36. The van der Waals surface area contributed by atoms with E-state index >= 15 is 0 Å². The van der Waals surface area contributed by atoms with E-state index < -0.39 is 0 Å². The quantitative estimate of drug-likeness (QED) is 0.890. The van der Waals surface area contributed by atoms with Gasteiger partial charge in [0, 0.05) is 42.5 Å². The summed E-state index contributed by atoms with van der Waals surface area (Å²) in [6, 6.07) is 5.71. The predicted molar refractivity (Wildman–Crippen MR) is 83.9 cm³/mol. The molecule has 116 valence electrons. The first-order valence-electron chi connectivity index (χ1n) is 7.36. The number of amides is 1. The van der Waals surface area contributed by atoms with Crippen molar-refractivity contribution in [2.45, 2.75) is 12.5 Å². The highest BCUT2D eigenvalue weighted by Gasteiger charge is 2.18. The third-order valence-corrected chi connectivity index (χ3v) is 3.88. The average molecular weight is 300 g/mol. The monoisotopic (exact) mass is 300 g/mol. The van der Waals surface area contributed by atoms with Gasteiger partial charge in [-0.2, -0.15) is 5.10 Å². The number of hydrogen-bond donors (Lipinski definition) is 2. The molecule has 2 N–H and O–H groups in total. The van der Waals surface area contributed by atoms with Crippen molar-refractivity contribution in [1.82, 2.24) is 20.4 Å². The fourth-order valence-electron chi connectivity index (χ4n) is 2.68. The van der Waals surface area contributed by atoms with E-state index in [9.17, 15) is 4.79 Å². The lowest BCUT2D eigenvalue weighted by molar-refractivity contribution is 0.0939. The number of methoxy groups -OCH3 is 1. The summed E-state index contributed by atoms with van der Waals surface area (Å²) in [5.41, 5.74) is 2.50. The van der Waals surface area contributed by atoms with Crippen molar-refractivity contribution >= 4 is 5.91 Å². The molecule has 6 heteroatoms. The molecule has 6 nitrogen and oxygen atoms in total. The molecule has 1 amide bonds. The summed E-state index contributed by atoms with van der Waals surface area (Å²) in [6.45, 7) is 1.78. The lowest BCUT2D eigenvalue weighted by Gasteiger charge is -2.13. The molecule has 1 unspecified atom stereocenters. The molecule has 0 bridgehead atoms. The molecule has 0 radical (unpaired) electrons. The van der Waals surface area contributed by atoms with Gasteiger partial charge in [-0.25, -0.2) is 0 Å². The molecule has 2 aromatic rings. The summed E-state index contributed by atoms with van der Waals surface area (Å²) in [5, 5.41) is 10.4. The number of aryl methyl sites for hydroxylation is 1. The van der Waals surface area contributed by atoms with Crippen LogP contribution in [0.5, 0.6) is 5.75 Å². The minimum atomic E-state index is -0.0651. The smallest absolute Gasteiger partial charge is 0.251 e. The number of carbonyl (C=O) groups is 1. The number of ether oxygens (including phenoxy) is 1. The summed E-state index contributed by atoms with van der Waals surface area (Å²) in [6.07, 6.45) is 4.67. The maximum atomic E-state index is 12.3. The summed E-state index contributed by atoms with van der Waals surface area (Å²) in [4.78, 5) is 12.3. The Balaban J connectivity index is 1.83.